The van der Waals surface area contributed by atoms with E-state index in [4.69, 9.17) is 5.73 Å². The van der Waals surface area contributed by atoms with Gasteiger partial charge in [0.25, 0.3) is 0 Å². The Morgan fingerprint density at radius 2 is 1.73 bits per heavy atom. The number of phenols is 1. The Kier molecular flexibility index (Phi) is 5.29. The molecule has 4 heteroatoms. The average molecular weight is 307 g/mol. The van der Waals surface area contributed by atoms with Crippen LogP contribution in [0.5, 0.6) is 5.75 Å². The monoisotopic (exact) mass is 307 g/mol. The molecule has 1 rings (SSSR count). The van der Waals surface area contributed by atoms with Crippen LogP contribution in [0.1, 0.15) is 70.7 Å². The van der Waals surface area contributed by atoms with E-state index in [9.17, 15) is 9.90 Å². The first-order chi connectivity index (χ1) is 9.87. The highest BCUT2D eigenvalue weighted by Gasteiger charge is 2.27. The second-order valence-corrected chi connectivity index (χ2v) is 7.85. The summed E-state index contributed by atoms with van der Waals surface area (Å²) >= 11 is 0. The molecular formula is C18H29NO3. The Labute approximate surface area is 133 Å². The van der Waals surface area contributed by atoms with Crippen LogP contribution < -0.4 is 5.73 Å². The van der Waals surface area contributed by atoms with Crippen molar-refractivity contribution in [3.8, 4) is 5.75 Å². The molecule has 0 bridgehead atoms. The van der Waals surface area contributed by atoms with Gasteiger partial charge < -0.3 is 15.6 Å². The van der Waals surface area contributed by atoms with Gasteiger partial charge in [0.05, 0.1) is 13.5 Å². The van der Waals surface area contributed by atoms with Crippen molar-refractivity contribution in [1.29, 1.82) is 0 Å². The quantitative estimate of drug-likeness (QED) is 0.838. The number of aromatic hydroxyl groups is 1. The topological polar surface area (TPSA) is 72.5 Å². The summed E-state index contributed by atoms with van der Waals surface area (Å²) in [5, 5.41) is 10.6. The Morgan fingerprint density at radius 3 is 2.14 bits per heavy atom. The van der Waals surface area contributed by atoms with E-state index in [1.54, 1.807) is 0 Å². The van der Waals surface area contributed by atoms with Gasteiger partial charge in [-0.15, -0.1) is 0 Å². The van der Waals surface area contributed by atoms with Gasteiger partial charge in [-0.05, 0) is 28.0 Å². The summed E-state index contributed by atoms with van der Waals surface area (Å²) in [4.78, 5) is 11.5. The number of methoxy groups -OCH3 is 1. The Balaban J connectivity index is 3.46. The fraction of sp³-hybridized carbons (Fsp3) is 0.611. The molecule has 0 spiro atoms. The minimum atomic E-state index is -0.587. The van der Waals surface area contributed by atoms with Gasteiger partial charge in [0, 0.05) is 11.6 Å². The van der Waals surface area contributed by atoms with E-state index in [0.29, 0.717) is 5.56 Å². The van der Waals surface area contributed by atoms with Crippen LogP contribution in [0.3, 0.4) is 0 Å². The van der Waals surface area contributed by atoms with Crippen LogP contribution in [0.25, 0.3) is 0 Å². The van der Waals surface area contributed by atoms with Crippen molar-refractivity contribution >= 4 is 5.97 Å². The van der Waals surface area contributed by atoms with Gasteiger partial charge in [-0.2, -0.15) is 0 Å². The third kappa shape index (κ3) is 4.23. The van der Waals surface area contributed by atoms with E-state index in [1.807, 2.05) is 32.9 Å². The molecular weight excluding hydrogens is 278 g/mol. The molecule has 0 saturated carbocycles. The maximum atomic E-state index is 11.5. The molecule has 0 aliphatic rings. The lowest BCUT2D eigenvalue weighted by Crippen LogP contribution is -2.21. The van der Waals surface area contributed by atoms with Crippen LogP contribution in [0, 0.1) is 0 Å². The lowest BCUT2D eigenvalue weighted by atomic mass is 9.78. The van der Waals surface area contributed by atoms with Crippen LogP contribution in [0.4, 0.5) is 0 Å². The summed E-state index contributed by atoms with van der Waals surface area (Å²) in [7, 11) is 1.33. The first-order valence-electron chi connectivity index (χ1n) is 7.58. The van der Waals surface area contributed by atoms with Gasteiger partial charge >= 0.3 is 5.97 Å². The third-order valence-electron chi connectivity index (χ3n) is 3.83. The molecule has 0 heterocycles. The summed E-state index contributed by atoms with van der Waals surface area (Å²) in [6.45, 7) is 12.5. The van der Waals surface area contributed by atoms with Crippen LogP contribution in [-0.4, -0.2) is 18.2 Å². The van der Waals surface area contributed by atoms with Gasteiger partial charge in [0.2, 0.25) is 0 Å². The molecule has 0 aliphatic heterocycles. The highest BCUT2D eigenvalue weighted by atomic mass is 16.5. The Bertz CT molecular complexity index is 551. The third-order valence-corrected chi connectivity index (χ3v) is 3.83. The van der Waals surface area contributed by atoms with E-state index >= 15 is 0 Å². The summed E-state index contributed by atoms with van der Waals surface area (Å²) < 4.78 is 4.68. The second-order valence-electron chi connectivity index (χ2n) is 7.85. The fourth-order valence-corrected chi connectivity index (χ4v) is 2.32. The van der Waals surface area contributed by atoms with Crippen molar-refractivity contribution in [2.45, 2.75) is 64.8 Å². The van der Waals surface area contributed by atoms with Gasteiger partial charge in [0.1, 0.15) is 5.75 Å². The van der Waals surface area contributed by atoms with Crippen LogP contribution in [-0.2, 0) is 20.4 Å². The maximum absolute atomic E-state index is 11.5. The van der Waals surface area contributed by atoms with E-state index in [-0.39, 0.29) is 29.0 Å². The van der Waals surface area contributed by atoms with Crippen molar-refractivity contribution in [2.24, 2.45) is 5.73 Å². The fourth-order valence-electron chi connectivity index (χ4n) is 2.32. The number of nitrogens with two attached hydrogens (primary N) is 1. The first kappa shape index (κ1) is 18.5. The van der Waals surface area contributed by atoms with Gasteiger partial charge in [-0.25, -0.2) is 0 Å². The van der Waals surface area contributed by atoms with Crippen LogP contribution >= 0.6 is 0 Å². The molecule has 1 atom stereocenters. The lowest BCUT2D eigenvalue weighted by molar-refractivity contribution is -0.141. The molecule has 1 aromatic carbocycles. The number of hydrogen-bond donors (Lipinski definition) is 2. The van der Waals surface area contributed by atoms with Crippen LogP contribution in [0.2, 0.25) is 0 Å². The van der Waals surface area contributed by atoms with E-state index in [0.717, 1.165) is 11.1 Å². The molecule has 0 saturated heterocycles. The molecule has 0 aromatic heterocycles. The van der Waals surface area contributed by atoms with Crippen molar-refractivity contribution in [2.75, 3.05) is 7.11 Å². The van der Waals surface area contributed by atoms with E-state index in [1.165, 1.54) is 7.11 Å². The molecule has 1 aromatic rings. The molecule has 0 unspecified atom stereocenters. The highest BCUT2D eigenvalue weighted by molar-refractivity contribution is 5.70. The second kappa shape index (κ2) is 6.29. The minimum absolute atomic E-state index is 0.0429. The molecule has 3 N–H and O–H groups in total. The zero-order chi connectivity index (χ0) is 17.3. The Morgan fingerprint density at radius 1 is 1.18 bits per heavy atom. The van der Waals surface area contributed by atoms with Crippen LogP contribution in [0.15, 0.2) is 12.1 Å². The van der Waals surface area contributed by atoms with E-state index in [2.05, 4.69) is 25.5 Å². The van der Waals surface area contributed by atoms with Crippen molar-refractivity contribution < 1.29 is 14.6 Å². The zero-order valence-electron chi connectivity index (χ0n) is 14.8. The SMILES string of the molecule is COC(=O)C[C@H](N)c1cc(C(C)(C)C)cc(C(C)(C)C)c1O. The van der Waals surface area contributed by atoms with Crippen molar-refractivity contribution in [3.05, 3.63) is 28.8 Å². The zero-order valence-corrected chi connectivity index (χ0v) is 14.8. The standard InChI is InChI=1S/C18H29NO3/c1-17(2,3)11-8-12(14(19)10-15(20)22-7)16(21)13(9-11)18(4,5)6/h8-9,14,21H,10,19H2,1-7H3/t14-/m0/s1. The minimum Gasteiger partial charge on any atom is -0.507 e. The lowest BCUT2D eigenvalue weighted by Gasteiger charge is -2.28. The largest absolute Gasteiger partial charge is 0.507 e. The number of benzene rings is 1. The normalized spacial score (nSPS) is 13.8. The molecule has 22 heavy (non-hydrogen) atoms. The number of rotatable bonds is 3. The Hall–Kier alpha value is -1.55. The van der Waals surface area contributed by atoms with Crippen molar-refractivity contribution in [1.82, 2.24) is 0 Å². The number of carbonyl (C=O) groups excluding carboxylic acids is 1. The molecule has 0 radical (unpaired) electrons. The first-order valence-corrected chi connectivity index (χ1v) is 7.58. The predicted octanol–water partition coefficient (Wildman–Crippen LogP) is 3.55. The van der Waals surface area contributed by atoms with Gasteiger partial charge in [-0.3, -0.25) is 4.79 Å². The summed E-state index contributed by atoms with van der Waals surface area (Å²) in [5.41, 5.74) is 8.37. The average Bonchev–Trinajstić information content (AvgIpc) is 2.35. The molecule has 0 aliphatic carbocycles. The summed E-state index contributed by atoms with van der Waals surface area (Å²) in [5.74, 6) is -0.206. The highest BCUT2D eigenvalue weighted by Crippen LogP contribution is 2.40. The van der Waals surface area contributed by atoms with Gasteiger partial charge in [0.15, 0.2) is 0 Å². The predicted molar refractivity (Wildman–Crippen MR) is 89.1 cm³/mol. The number of esters is 1. The van der Waals surface area contributed by atoms with Crippen molar-refractivity contribution in [3.63, 3.8) is 0 Å². The molecule has 0 amide bonds. The smallest absolute Gasteiger partial charge is 0.307 e. The molecule has 4 nitrogen and oxygen atoms in total. The number of hydrogen-bond acceptors (Lipinski definition) is 4. The number of carbonyl (C=O) groups is 1. The van der Waals surface area contributed by atoms with E-state index < -0.39 is 6.04 Å². The maximum Gasteiger partial charge on any atom is 0.307 e. The summed E-state index contributed by atoms with van der Waals surface area (Å²) in [6.07, 6.45) is 0.0429. The van der Waals surface area contributed by atoms with Gasteiger partial charge in [-0.1, -0.05) is 47.6 Å². The molecule has 0 fully saturated rings. The number of phenolic OH excluding ortho intramolecular Hbond substituents is 1. The molecule has 124 valence electrons. The summed E-state index contributed by atoms with van der Waals surface area (Å²) in [6, 6.07) is 3.35. The number of ether oxygens (including phenoxy) is 1.